The standard InChI is InChI=1S/C14H19N5/c1-9-4-7-14(17-16-9)19-11(3)13(10(2)18-19)8-15-12-5-6-12/h4,7,12,15H,5-6,8H2,1-3H3. The fourth-order valence-electron chi connectivity index (χ4n) is 2.19. The van der Waals surface area contributed by atoms with Gasteiger partial charge in [0.05, 0.1) is 11.4 Å². The lowest BCUT2D eigenvalue weighted by Gasteiger charge is -2.05. The van der Waals surface area contributed by atoms with Crippen LogP contribution in [0.2, 0.25) is 0 Å². The zero-order valence-electron chi connectivity index (χ0n) is 11.6. The number of nitrogens with one attached hydrogen (secondary N) is 1. The predicted octanol–water partition coefficient (Wildman–Crippen LogP) is 1.84. The maximum atomic E-state index is 4.58. The molecular formula is C14H19N5. The summed E-state index contributed by atoms with van der Waals surface area (Å²) < 4.78 is 1.88. The quantitative estimate of drug-likeness (QED) is 0.908. The van der Waals surface area contributed by atoms with Gasteiger partial charge in [0.15, 0.2) is 5.82 Å². The van der Waals surface area contributed by atoms with Crippen LogP contribution in [-0.2, 0) is 6.54 Å². The molecule has 2 heterocycles. The highest BCUT2D eigenvalue weighted by atomic mass is 15.3. The average molecular weight is 257 g/mol. The second-order valence-electron chi connectivity index (χ2n) is 5.25. The summed E-state index contributed by atoms with van der Waals surface area (Å²) in [6.45, 7) is 6.96. The molecule has 0 unspecified atom stereocenters. The normalized spacial score (nSPS) is 14.9. The first-order valence-electron chi connectivity index (χ1n) is 6.74. The van der Waals surface area contributed by atoms with Crippen LogP contribution < -0.4 is 5.32 Å². The van der Waals surface area contributed by atoms with Crippen molar-refractivity contribution in [2.45, 2.75) is 46.2 Å². The Morgan fingerprint density at radius 1 is 1.21 bits per heavy atom. The number of aromatic nitrogens is 4. The molecule has 0 spiro atoms. The number of rotatable bonds is 4. The molecule has 1 aliphatic carbocycles. The number of aryl methyl sites for hydroxylation is 2. The zero-order valence-corrected chi connectivity index (χ0v) is 11.6. The lowest BCUT2D eigenvalue weighted by Crippen LogP contribution is -2.16. The second kappa shape index (κ2) is 4.74. The van der Waals surface area contributed by atoms with E-state index >= 15 is 0 Å². The minimum absolute atomic E-state index is 0.710. The molecule has 1 N–H and O–H groups in total. The van der Waals surface area contributed by atoms with Crippen LogP contribution in [0.25, 0.3) is 5.82 Å². The molecule has 0 atom stereocenters. The van der Waals surface area contributed by atoms with Crippen molar-refractivity contribution in [1.29, 1.82) is 0 Å². The van der Waals surface area contributed by atoms with E-state index in [-0.39, 0.29) is 0 Å². The van der Waals surface area contributed by atoms with Crippen LogP contribution in [0.5, 0.6) is 0 Å². The number of hydrogen-bond donors (Lipinski definition) is 1. The number of hydrogen-bond acceptors (Lipinski definition) is 4. The van der Waals surface area contributed by atoms with Crippen LogP contribution in [0.4, 0.5) is 0 Å². The monoisotopic (exact) mass is 257 g/mol. The molecule has 1 saturated carbocycles. The fourth-order valence-corrected chi connectivity index (χ4v) is 2.19. The van der Waals surface area contributed by atoms with Gasteiger partial charge >= 0.3 is 0 Å². The highest BCUT2D eigenvalue weighted by molar-refractivity contribution is 5.32. The minimum atomic E-state index is 0.710. The van der Waals surface area contributed by atoms with Crippen molar-refractivity contribution in [2.75, 3.05) is 0 Å². The summed E-state index contributed by atoms with van der Waals surface area (Å²) in [4.78, 5) is 0. The number of nitrogens with zero attached hydrogens (tertiary/aromatic N) is 4. The van der Waals surface area contributed by atoms with Crippen molar-refractivity contribution in [2.24, 2.45) is 0 Å². The van der Waals surface area contributed by atoms with E-state index in [0.29, 0.717) is 6.04 Å². The van der Waals surface area contributed by atoms with Gasteiger partial charge in [0.2, 0.25) is 0 Å². The summed E-state index contributed by atoms with van der Waals surface area (Å²) in [6.07, 6.45) is 2.60. The molecule has 5 nitrogen and oxygen atoms in total. The largest absolute Gasteiger partial charge is 0.310 e. The molecule has 2 aromatic rings. The predicted molar refractivity (Wildman–Crippen MR) is 73.2 cm³/mol. The van der Waals surface area contributed by atoms with Crippen molar-refractivity contribution < 1.29 is 0 Å². The molecule has 0 amide bonds. The van der Waals surface area contributed by atoms with Gasteiger partial charge in [0.25, 0.3) is 0 Å². The topological polar surface area (TPSA) is 55.6 Å². The summed E-state index contributed by atoms with van der Waals surface area (Å²) in [7, 11) is 0. The van der Waals surface area contributed by atoms with Crippen molar-refractivity contribution >= 4 is 0 Å². The van der Waals surface area contributed by atoms with Gasteiger partial charge in [-0.3, -0.25) is 0 Å². The third-order valence-corrected chi connectivity index (χ3v) is 3.59. The Labute approximate surface area is 113 Å². The lowest BCUT2D eigenvalue weighted by molar-refractivity contribution is 0.681. The molecule has 0 bridgehead atoms. The third-order valence-electron chi connectivity index (χ3n) is 3.59. The van der Waals surface area contributed by atoms with Crippen LogP contribution in [0, 0.1) is 20.8 Å². The Kier molecular flexibility index (Phi) is 3.06. The molecular weight excluding hydrogens is 238 g/mol. The SMILES string of the molecule is Cc1ccc(-n2nc(C)c(CNC3CC3)c2C)nn1. The third kappa shape index (κ3) is 2.51. The van der Waals surface area contributed by atoms with E-state index in [1.807, 2.05) is 23.7 Å². The highest BCUT2D eigenvalue weighted by Crippen LogP contribution is 2.21. The smallest absolute Gasteiger partial charge is 0.175 e. The van der Waals surface area contributed by atoms with Gasteiger partial charge in [-0.15, -0.1) is 5.10 Å². The summed E-state index contributed by atoms with van der Waals surface area (Å²) in [5.41, 5.74) is 4.40. The van der Waals surface area contributed by atoms with Crippen LogP contribution in [0.3, 0.4) is 0 Å². The van der Waals surface area contributed by atoms with E-state index in [2.05, 4.69) is 34.5 Å². The maximum Gasteiger partial charge on any atom is 0.175 e. The van der Waals surface area contributed by atoms with Gasteiger partial charge in [-0.05, 0) is 45.7 Å². The maximum absolute atomic E-state index is 4.58. The van der Waals surface area contributed by atoms with Crippen molar-refractivity contribution in [3.05, 3.63) is 34.8 Å². The average Bonchev–Trinajstić information content (AvgIpc) is 3.17. The van der Waals surface area contributed by atoms with Crippen molar-refractivity contribution in [1.82, 2.24) is 25.3 Å². The Morgan fingerprint density at radius 3 is 2.63 bits per heavy atom. The van der Waals surface area contributed by atoms with E-state index in [1.165, 1.54) is 18.4 Å². The van der Waals surface area contributed by atoms with Crippen molar-refractivity contribution in [3.63, 3.8) is 0 Å². The zero-order chi connectivity index (χ0) is 13.4. The molecule has 2 aromatic heterocycles. The van der Waals surface area contributed by atoms with E-state index in [4.69, 9.17) is 0 Å². The van der Waals surface area contributed by atoms with E-state index < -0.39 is 0 Å². The molecule has 0 aliphatic heterocycles. The van der Waals surface area contributed by atoms with Gasteiger partial charge in [0.1, 0.15) is 0 Å². The molecule has 0 saturated heterocycles. The molecule has 19 heavy (non-hydrogen) atoms. The van der Waals surface area contributed by atoms with E-state index in [0.717, 1.165) is 29.4 Å². The Hall–Kier alpha value is -1.75. The van der Waals surface area contributed by atoms with Gasteiger partial charge in [-0.25, -0.2) is 4.68 Å². The summed E-state index contributed by atoms with van der Waals surface area (Å²) in [5, 5.41) is 16.4. The van der Waals surface area contributed by atoms with Crippen LogP contribution in [-0.4, -0.2) is 26.0 Å². The second-order valence-corrected chi connectivity index (χ2v) is 5.25. The molecule has 1 aliphatic rings. The molecule has 0 radical (unpaired) electrons. The first kappa shape index (κ1) is 12.3. The van der Waals surface area contributed by atoms with Gasteiger partial charge in [-0.1, -0.05) is 0 Å². The molecule has 100 valence electrons. The first-order valence-corrected chi connectivity index (χ1v) is 6.74. The minimum Gasteiger partial charge on any atom is -0.310 e. The van der Waals surface area contributed by atoms with E-state index in [1.54, 1.807) is 0 Å². The fraction of sp³-hybridized carbons (Fsp3) is 0.500. The first-order chi connectivity index (χ1) is 9.15. The Balaban J connectivity index is 1.89. The van der Waals surface area contributed by atoms with Gasteiger partial charge in [0, 0.05) is 23.8 Å². The van der Waals surface area contributed by atoms with Gasteiger partial charge < -0.3 is 5.32 Å². The molecule has 3 rings (SSSR count). The summed E-state index contributed by atoms with van der Waals surface area (Å²) in [5.74, 6) is 0.781. The summed E-state index contributed by atoms with van der Waals surface area (Å²) >= 11 is 0. The summed E-state index contributed by atoms with van der Waals surface area (Å²) in [6, 6.07) is 4.63. The van der Waals surface area contributed by atoms with Crippen molar-refractivity contribution in [3.8, 4) is 5.82 Å². The van der Waals surface area contributed by atoms with Crippen LogP contribution in [0.15, 0.2) is 12.1 Å². The van der Waals surface area contributed by atoms with Crippen LogP contribution in [0.1, 0.15) is 35.5 Å². The molecule has 1 fully saturated rings. The van der Waals surface area contributed by atoms with Crippen LogP contribution >= 0.6 is 0 Å². The van der Waals surface area contributed by atoms with E-state index in [9.17, 15) is 0 Å². The Bertz CT molecular complexity index is 581. The molecule has 0 aromatic carbocycles. The van der Waals surface area contributed by atoms with Gasteiger partial charge in [-0.2, -0.15) is 10.2 Å². The lowest BCUT2D eigenvalue weighted by atomic mass is 10.2. The Morgan fingerprint density at radius 2 is 2.00 bits per heavy atom. The highest BCUT2D eigenvalue weighted by Gasteiger charge is 2.22. The molecule has 5 heteroatoms.